The quantitative estimate of drug-likeness (QED) is 0.447. The van der Waals surface area contributed by atoms with E-state index in [1.165, 1.54) is 18.2 Å². The van der Waals surface area contributed by atoms with Crippen molar-refractivity contribution in [3.05, 3.63) is 89.1 Å². The monoisotopic (exact) mass is 471 g/mol. The molecule has 1 N–H and O–H groups in total. The predicted molar refractivity (Wildman–Crippen MR) is 125 cm³/mol. The van der Waals surface area contributed by atoms with Crippen molar-refractivity contribution in [1.82, 2.24) is 25.1 Å². The van der Waals surface area contributed by atoms with Crippen molar-refractivity contribution >= 4 is 0 Å². The minimum absolute atomic E-state index is 0.154. The van der Waals surface area contributed by atoms with Crippen molar-refractivity contribution in [3.8, 4) is 22.6 Å². The highest BCUT2D eigenvalue weighted by molar-refractivity contribution is 5.63. The lowest BCUT2D eigenvalue weighted by Crippen LogP contribution is -2.26. The summed E-state index contributed by atoms with van der Waals surface area (Å²) >= 11 is 0. The van der Waals surface area contributed by atoms with E-state index >= 15 is 0 Å². The fraction of sp³-hybridized carbons (Fsp3) is 0.296. The molecule has 0 radical (unpaired) electrons. The number of hydrogen-bond acceptors (Lipinski definition) is 6. The third-order valence-corrected chi connectivity index (χ3v) is 7.30. The Morgan fingerprint density at radius 1 is 1.00 bits per heavy atom. The Balaban J connectivity index is 1.42. The molecule has 2 aliphatic rings. The van der Waals surface area contributed by atoms with Gasteiger partial charge >= 0.3 is 0 Å². The van der Waals surface area contributed by atoms with E-state index in [4.69, 9.17) is 4.98 Å². The average Bonchev–Trinajstić information content (AvgIpc) is 3.43. The SMILES string of the molecule is CC(C)(O)c1ccnc(-c2cncc([C@]34CC[C@H](C3)c3cc(-c5c(F)cccc5F)nnc34)n2)c1. The van der Waals surface area contributed by atoms with Crippen LogP contribution >= 0.6 is 0 Å². The van der Waals surface area contributed by atoms with Gasteiger partial charge in [0.15, 0.2) is 0 Å². The molecule has 35 heavy (non-hydrogen) atoms. The summed E-state index contributed by atoms with van der Waals surface area (Å²) in [5, 5.41) is 19.1. The van der Waals surface area contributed by atoms with E-state index in [-0.39, 0.29) is 17.2 Å². The normalized spacial score (nSPS) is 20.8. The summed E-state index contributed by atoms with van der Waals surface area (Å²) in [6.45, 7) is 3.45. The Morgan fingerprint density at radius 2 is 1.80 bits per heavy atom. The Kier molecular flexibility index (Phi) is 4.79. The number of halogens is 2. The molecule has 1 fully saturated rings. The van der Waals surface area contributed by atoms with Crippen LogP contribution in [0, 0.1) is 11.6 Å². The molecule has 0 amide bonds. The zero-order valence-corrected chi connectivity index (χ0v) is 19.3. The highest BCUT2D eigenvalue weighted by Crippen LogP contribution is 2.59. The number of rotatable bonds is 4. The lowest BCUT2D eigenvalue weighted by molar-refractivity contribution is 0.0785. The van der Waals surface area contributed by atoms with Crippen molar-refractivity contribution in [2.24, 2.45) is 0 Å². The number of aromatic nitrogens is 5. The first-order valence-electron chi connectivity index (χ1n) is 11.6. The molecule has 6 rings (SSSR count). The van der Waals surface area contributed by atoms with Gasteiger partial charge in [-0.05, 0) is 80.5 Å². The molecule has 8 heteroatoms. The standard InChI is InChI=1S/C27H23F2N5O/c1-26(2,35)16-7-9-31-20(10-16)22-13-30-14-23(32-22)27-8-6-15(12-27)17-11-21(33-34-25(17)27)24-18(28)4-3-5-19(24)29/h3-5,7,9-11,13-15,35H,6,8,12H2,1-2H3/t15-,27+/m1/s1. The lowest BCUT2D eigenvalue weighted by atomic mass is 9.80. The van der Waals surface area contributed by atoms with Gasteiger partial charge in [-0.15, -0.1) is 5.10 Å². The molecule has 3 aromatic heterocycles. The second kappa shape index (κ2) is 7.68. The van der Waals surface area contributed by atoms with E-state index in [1.54, 1.807) is 44.6 Å². The number of hydrogen-bond donors (Lipinski definition) is 1. The fourth-order valence-electron chi connectivity index (χ4n) is 5.51. The number of aliphatic hydroxyl groups is 1. The van der Waals surface area contributed by atoms with E-state index in [2.05, 4.69) is 20.2 Å². The van der Waals surface area contributed by atoms with Gasteiger partial charge in [-0.25, -0.2) is 13.8 Å². The van der Waals surface area contributed by atoms with Gasteiger partial charge in [0.2, 0.25) is 0 Å². The molecule has 0 aliphatic heterocycles. The molecule has 3 heterocycles. The molecular formula is C27H23F2N5O. The topological polar surface area (TPSA) is 84.7 Å². The van der Waals surface area contributed by atoms with Crippen LogP contribution in [0.5, 0.6) is 0 Å². The van der Waals surface area contributed by atoms with Gasteiger partial charge in [0.05, 0.1) is 45.6 Å². The molecule has 2 bridgehead atoms. The van der Waals surface area contributed by atoms with Gasteiger partial charge in [-0.2, -0.15) is 5.10 Å². The maximum atomic E-state index is 14.4. The van der Waals surface area contributed by atoms with Crippen LogP contribution in [0.15, 0.2) is 55.0 Å². The first-order chi connectivity index (χ1) is 16.8. The molecule has 2 atom stereocenters. The first-order valence-corrected chi connectivity index (χ1v) is 11.6. The second-order valence-electron chi connectivity index (χ2n) is 9.93. The summed E-state index contributed by atoms with van der Waals surface area (Å²) in [5.41, 5.74) is 3.12. The van der Waals surface area contributed by atoms with E-state index in [1.807, 2.05) is 6.07 Å². The highest BCUT2D eigenvalue weighted by Gasteiger charge is 2.53. The van der Waals surface area contributed by atoms with Gasteiger partial charge in [0, 0.05) is 12.4 Å². The summed E-state index contributed by atoms with van der Waals surface area (Å²) in [4.78, 5) is 13.8. The summed E-state index contributed by atoms with van der Waals surface area (Å²) in [7, 11) is 0. The number of fused-ring (bicyclic) bond motifs is 5. The number of nitrogens with zero attached hydrogens (tertiary/aromatic N) is 5. The van der Waals surface area contributed by atoms with Gasteiger partial charge in [0.25, 0.3) is 0 Å². The minimum atomic E-state index is -1.00. The van der Waals surface area contributed by atoms with Crippen molar-refractivity contribution in [2.75, 3.05) is 0 Å². The van der Waals surface area contributed by atoms with Crippen LogP contribution in [0.4, 0.5) is 8.78 Å². The number of pyridine rings is 1. The Bertz CT molecular complexity index is 1450. The lowest BCUT2D eigenvalue weighted by Gasteiger charge is -2.27. The van der Waals surface area contributed by atoms with Crippen LogP contribution in [-0.4, -0.2) is 30.3 Å². The van der Waals surface area contributed by atoms with E-state index in [9.17, 15) is 13.9 Å². The zero-order valence-electron chi connectivity index (χ0n) is 19.3. The van der Waals surface area contributed by atoms with Crippen molar-refractivity contribution < 1.29 is 13.9 Å². The zero-order chi connectivity index (χ0) is 24.4. The Morgan fingerprint density at radius 3 is 2.57 bits per heavy atom. The van der Waals surface area contributed by atoms with Crippen LogP contribution in [-0.2, 0) is 11.0 Å². The summed E-state index contributed by atoms with van der Waals surface area (Å²) in [6, 6.07) is 9.16. The third kappa shape index (κ3) is 3.43. The van der Waals surface area contributed by atoms with Gasteiger partial charge in [-0.3, -0.25) is 9.97 Å². The van der Waals surface area contributed by atoms with Crippen LogP contribution < -0.4 is 0 Å². The predicted octanol–water partition coefficient (Wildman–Crippen LogP) is 5.07. The van der Waals surface area contributed by atoms with Crippen LogP contribution in [0.1, 0.15) is 61.5 Å². The smallest absolute Gasteiger partial charge is 0.135 e. The molecule has 2 aliphatic carbocycles. The average molecular weight is 472 g/mol. The van der Waals surface area contributed by atoms with Gasteiger partial charge < -0.3 is 5.11 Å². The summed E-state index contributed by atoms with van der Waals surface area (Å²) in [6.07, 6.45) is 7.65. The van der Waals surface area contributed by atoms with Crippen molar-refractivity contribution in [2.45, 2.75) is 50.0 Å². The van der Waals surface area contributed by atoms with E-state index < -0.39 is 22.7 Å². The maximum Gasteiger partial charge on any atom is 0.135 e. The molecule has 0 spiro atoms. The molecule has 4 aromatic rings. The van der Waals surface area contributed by atoms with Crippen LogP contribution in [0.2, 0.25) is 0 Å². The van der Waals surface area contributed by atoms with Crippen LogP contribution in [0.25, 0.3) is 22.6 Å². The number of benzene rings is 1. The van der Waals surface area contributed by atoms with E-state index in [0.29, 0.717) is 11.4 Å². The van der Waals surface area contributed by atoms with Gasteiger partial charge in [-0.1, -0.05) is 6.07 Å². The minimum Gasteiger partial charge on any atom is -0.386 e. The summed E-state index contributed by atoms with van der Waals surface area (Å²) < 4.78 is 28.8. The molecule has 0 unspecified atom stereocenters. The summed E-state index contributed by atoms with van der Waals surface area (Å²) in [5.74, 6) is -1.09. The molecule has 1 saturated carbocycles. The van der Waals surface area contributed by atoms with Crippen molar-refractivity contribution in [1.29, 1.82) is 0 Å². The van der Waals surface area contributed by atoms with Crippen LogP contribution in [0.3, 0.4) is 0 Å². The molecular weight excluding hydrogens is 448 g/mol. The highest BCUT2D eigenvalue weighted by atomic mass is 19.1. The van der Waals surface area contributed by atoms with Gasteiger partial charge in [0.1, 0.15) is 17.3 Å². The molecule has 6 nitrogen and oxygen atoms in total. The first kappa shape index (κ1) is 21.9. The Hall–Kier alpha value is -3.65. The van der Waals surface area contributed by atoms with Crippen molar-refractivity contribution in [3.63, 3.8) is 0 Å². The Labute approximate surface area is 201 Å². The molecule has 1 aromatic carbocycles. The fourth-order valence-corrected chi connectivity index (χ4v) is 5.51. The second-order valence-corrected chi connectivity index (χ2v) is 9.93. The molecule has 176 valence electrons. The maximum absolute atomic E-state index is 14.4. The van der Waals surface area contributed by atoms with E-state index in [0.717, 1.165) is 41.8 Å². The molecule has 0 saturated heterocycles. The third-order valence-electron chi connectivity index (χ3n) is 7.30. The largest absolute Gasteiger partial charge is 0.386 e.